The van der Waals surface area contributed by atoms with Crippen molar-refractivity contribution in [1.82, 2.24) is 0 Å². The minimum atomic E-state index is -1.02. The number of ether oxygens (including phenoxy) is 1. The fourth-order valence-electron chi connectivity index (χ4n) is 1.51. The van der Waals surface area contributed by atoms with E-state index < -0.39 is 5.97 Å². The number of carboxylic acids is 1. The molecule has 5 heteroatoms. The van der Waals surface area contributed by atoms with Crippen LogP contribution in [0.1, 0.15) is 15.9 Å². The summed E-state index contributed by atoms with van der Waals surface area (Å²) in [6, 6.07) is 3.01. The van der Waals surface area contributed by atoms with E-state index in [-0.39, 0.29) is 18.1 Å². The number of carbonyl (C=O) groups is 2. The maximum Gasteiger partial charge on any atom is 0.336 e. The minimum Gasteiger partial charge on any atom is -0.482 e. The number of amides is 1. The van der Waals surface area contributed by atoms with Crippen molar-refractivity contribution < 1.29 is 19.4 Å². The lowest BCUT2D eigenvalue weighted by Gasteiger charge is -2.20. The van der Waals surface area contributed by atoms with Gasteiger partial charge in [0.05, 0.1) is 11.3 Å². The number of nitrogens with one attached hydrogen (secondary N) is 1. The lowest BCUT2D eigenvalue weighted by Crippen LogP contribution is -2.26. The Morgan fingerprint density at radius 1 is 1.53 bits per heavy atom. The van der Waals surface area contributed by atoms with Crippen LogP contribution in [0.5, 0.6) is 5.75 Å². The molecule has 78 valence electrons. The lowest BCUT2D eigenvalue weighted by molar-refractivity contribution is -0.118. The van der Waals surface area contributed by atoms with Gasteiger partial charge in [-0.15, -0.1) is 0 Å². The maximum atomic E-state index is 11.1. The van der Waals surface area contributed by atoms with Crippen LogP contribution in [-0.2, 0) is 4.79 Å². The summed E-state index contributed by atoms with van der Waals surface area (Å²) < 4.78 is 5.15. The summed E-state index contributed by atoms with van der Waals surface area (Å²) in [6.07, 6.45) is 0. The number of fused-ring (bicyclic) bond motifs is 1. The zero-order chi connectivity index (χ0) is 11.0. The highest BCUT2D eigenvalue weighted by molar-refractivity contribution is 5.99. The first-order chi connectivity index (χ1) is 7.09. The van der Waals surface area contributed by atoms with E-state index in [1.54, 1.807) is 13.0 Å². The Bertz CT molecular complexity index is 453. The Morgan fingerprint density at radius 2 is 2.27 bits per heavy atom. The van der Waals surface area contributed by atoms with E-state index in [0.29, 0.717) is 17.0 Å². The molecule has 0 unspecified atom stereocenters. The second-order valence-electron chi connectivity index (χ2n) is 3.25. The smallest absolute Gasteiger partial charge is 0.336 e. The Balaban J connectivity index is 2.56. The van der Waals surface area contributed by atoms with Crippen molar-refractivity contribution in [3.05, 3.63) is 23.3 Å². The molecule has 2 rings (SSSR count). The molecule has 0 saturated heterocycles. The lowest BCUT2D eigenvalue weighted by atomic mass is 10.1. The summed E-state index contributed by atoms with van der Waals surface area (Å²) in [6.45, 7) is 1.61. The first kappa shape index (κ1) is 9.51. The first-order valence-electron chi connectivity index (χ1n) is 4.39. The molecule has 0 aliphatic carbocycles. The molecular formula is C10H9NO4. The van der Waals surface area contributed by atoms with Gasteiger partial charge in [0.25, 0.3) is 5.91 Å². The summed E-state index contributed by atoms with van der Waals surface area (Å²) in [5.41, 5.74) is 1.12. The molecule has 15 heavy (non-hydrogen) atoms. The van der Waals surface area contributed by atoms with Crippen molar-refractivity contribution in [1.29, 1.82) is 0 Å². The maximum absolute atomic E-state index is 11.1. The third-order valence-electron chi connectivity index (χ3n) is 2.28. The zero-order valence-corrected chi connectivity index (χ0v) is 8.03. The molecule has 0 atom stereocenters. The predicted octanol–water partition coefficient (Wildman–Crippen LogP) is 1.02. The number of anilines is 1. The fraction of sp³-hybridized carbons (Fsp3) is 0.200. The van der Waals surface area contributed by atoms with E-state index in [1.807, 2.05) is 0 Å². The van der Waals surface area contributed by atoms with Crippen LogP contribution < -0.4 is 10.1 Å². The molecule has 5 nitrogen and oxygen atoms in total. The molecule has 0 radical (unpaired) electrons. The number of carbonyl (C=O) groups excluding carboxylic acids is 1. The van der Waals surface area contributed by atoms with E-state index >= 15 is 0 Å². The van der Waals surface area contributed by atoms with Crippen molar-refractivity contribution >= 4 is 17.6 Å². The summed E-state index contributed by atoms with van der Waals surface area (Å²) in [4.78, 5) is 21.9. The fourth-order valence-corrected chi connectivity index (χ4v) is 1.51. The zero-order valence-electron chi connectivity index (χ0n) is 8.03. The predicted molar refractivity (Wildman–Crippen MR) is 52.3 cm³/mol. The van der Waals surface area contributed by atoms with Crippen molar-refractivity contribution in [2.24, 2.45) is 0 Å². The molecule has 1 aromatic rings. The quantitative estimate of drug-likeness (QED) is 0.721. The molecule has 1 aromatic carbocycles. The molecule has 0 bridgehead atoms. The molecule has 1 aliphatic rings. The number of carboxylic acid groups (broad SMARTS) is 1. The van der Waals surface area contributed by atoms with Gasteiger partial charge in [0.1, 0.15) is 5.75 Å². The number of hydrogen-bond acceptors (Lipinski definition) is 3. The minimum absolute atomic E-state index is 0.0289. The molecule has 0 saturated carbocycles. The van der Waals surface area contributed by atoms with E-state index in [0.717, 1.165) is 0 Å². The monoisotopic (exact) mass is 207 g/mol. The molecule has 0 spiro atoms. The number of benzene rings is 1. The van der Waals surface area contributed by atoms with Gasteiger partial charge in [0.2, 0.25) is 0 Å². The highest BCUT2D eigenvalue weighted by atomic mass is 16.5. The van der Waals surface area contributed by atoms with Gasteiger partial charge in [0.15, 0.2) is 6.61 Å². The van der Waals surface area contributed by atoms with Crippen molar-refractivity contribution in [2.75, 3.05) is 11.9 Å². The standard InChI is InChI=1S/C10H9NO4/c1-5-6(10(13)14)2-3-7-9(5)11-8(12)4-15-7/h2-3H,4H2,1H3,(H,11,12)(H,13,14). The third-order valence-corrected chi connectivity index (χ3v) is 2.28. The molecule has 2 N–H and O–H groups in total. The van der Waals surface area contributed by atoms with Crippen LogP contribution in [0.25, 0.3) is 0 Å². The van der Waals surface area contributed by atoms with Gasteiger partial charge < -0.3 is 15.2 Å². The van der Waals surface area contributed by atoms with Crippen LogP contribution >= 0.6 is 0 Å². The molecule has 0 aromatic heterocycles. The average molecular weight is 207 g/mol. The van der Waals surface area contributed by atoms with Crippen LogP contribution in [0.4, 0.5) is 5.69 Å². The Kier molecular flexibility index (Phi) is 2.07. The van der Waals surface area contributed by atoms with Crippen molar-refractivity contribution in [2.45, 2.75) is 6.92 Å². The Hall–Kier alpha value is -2.04. The summed E-state index contributed by atoms with van der Waals surface area (Å²) >= 11 is 0. The van der Waals surface area contributed by atoms with E-state index in [4.69, 9.17) is 9.84 Å². The molecular weight excluding hydrogens is 198 g/mol. The van der Waals surface area contributed by atoms with Gasteiger partial charge in [-0.05, 0) is 24.6 Å². The summed E-state index contributed by atoms with van der Waals surface area (Å²) in [5.74, 6) is -0.777. The number of rotatable bonds is 1. The van der Waals surface area contributed by atoms with E-state index in [9.17, 15) is 9.59 Å². The highest BCUT2D eigenvalue weighted by Crippen LogP contribution is 2.32. The van der Waals surface area contributed by atoms with Crippen LogP contribution in [0.2, 0.25) is 0 Å². The highest BCUT2D eigenvalue weighted by Gasteiger charge is 2.21. The third kappa shape index (κ3) is 1.52. The van der Waals surface area contributed by atoms with Gasteiger partial charge in [0, 0.05) is 0 Å². The molecule has 1 heterocycles. The van der Waals surface area contributed by atoms with E-state index in [2.05, 4.69) is 5.32 Å². The van der Waals surface area contributed by atoms with Gasteiger partial charge in [-0.3, -0.25) is 4.79 Å². The SMILES string of the molecule is Cc1c(C(=O)O)ccc2c1NC(=O)CO2. The summed E-state index contributed by atoms with van der Waals surface area (Å²) in [5, 5.41) is 11.5. The Morgan fingerprint density at radius 3 is 2.93 bits per heavy atom. The molecule has 0 fully saturated rings. The molecule has 1 aliphatic heterocycles. The van der Waals surface area contributed by atoms with Crippen LogP contribution in [0.3, 0.4) is 0 Å². The second kappa shape index (κ2) is 3.27. The van der Waals surface area contributed by atoms with Gasteiger partial charge in [-0.1, -0.05) is 0 Å². The van der Waals surface area contributed by atoms with Crippen LogP contribution in [0.15, 0.2) is 12.1 Å². The topological polar surface area (TPSA) is 75.6 Å². The molecule has 1 amide bonds. The first-order valence-corrected chi connectivity index (χ1v) is 4.39. The Labute approximate surface area is 85.7 Å². The van der Waals surface area contributed by atoms with E-state index in [1.165, 1.54) is 6.07 Å². The van der Waals surface area contributed by atoms with Gasteiger partial charge in [-0.25, -0.2) is 4.79 Å². The average Bonchev–Trinajstić information content (AvgIpc) is 2.19. The van der Waals surface area contributed by atoms with Crippen LogP contribution in [-0.4, -0.2) is 23.6 Å². The van der Waals surface area contributed by atoms with Gasteiger partial charge >= 0.3 is 5.97 Å². The second-order valence-corrected chi connectivity index (χ2v) is 3.25. The van der Waals surface area contributed by atoms with Crippen LogP contribution in [0, 0.1) is 6.92 Å². The van der Waals surface area contributed by atoms with Gasteiger partial charge in [-0.2, -0.15) is 0 Å². The van der Waals surface area contributed by atoms with Crippen molar-refractivity contribution in [3.8, 4) is 5.75 Å². The van der Waals surface area contributed by atoms with Crippen molar-refractivity contribution in [3.63, 3.8) is 0 Å². The normalized spacial score (nSPS) is 13.8. The largest absolute Gasteiger partial charge is 0.482 e. The summed E-state index contributed by atoms with van der Waals surface area (Å²) in [7, 11) is 0. The number of hydrogen-bond donors (Lipinski definition) is 2. The number of aromatic carboxylic acids is 1.